The molecule has 0 amide bonds. The van der Waals surface area contributed by atoms with Gasteiger partial charge < -0.3 is 5.73 Å². The molecule has 1 aromatic heterocycles. The number of nitrogen functional groups attached to an aromatic ring is 1. The molecule has 0 aliphatic heterocycles. The summed E-state index contributed by atoms with van der Waals surface area (Å²) >= 11 is 7.89. The Balaban J connectivity index is 1.71. The fraction of sp³-hybridized carbons (Fsp3) is 0.176. The monoisotopic (exact) mass is 329 g/mol. The van der Waals surface area contributed by atoms with Crippen LogP contribution in [-0.4, -0.2) is 15.7 Å². The molecule has 3 rings (SSSR count). The molecule has 0 saturated heterocycles. The molecule has 5 heteroatoms. The maximum absolute atomic E-state index is 6.07. The SMILES string of the molecule is Nc1cccc2nc(Cl)nc(CCSCc3ccccc3)c12. The lowest BCUT2D eigenvalue weighted by Crippen LogP contribution is -2.00. The molecule has 0 saturated carbocycles. The number of nitrogens with two attached hydrogens (primary N) is 1. The van der Waals surface area contributed by atoms with E-state index in [4.69, 9.17) is 17.3 Å². The van der Waals surface area contributed by atoms with Crippen LogP contribution in [0.15, 0.2) is 48.5 Å². The molecule has 0 aliphatic carbocycles. The zero-order chi connectivity index (χ0) is 15.4. The van der Waals surface area contributed by atoms with Gasteiger partial charge in [-0.1, -0.05) is 36.4 Å². The Labute approximate surface area is 138 Å². The number of anilines is 1. The fourth-order valence-electron chi connectivity index (χ4n) is 2.37. The summed E-state index contributed by atoms with van der Waals surface area (Å²) in [4.78, 5) is 8.61. The van der Waals surface area contributed by atoms with E-state index in [2.05, 4.69) is 34.2 Å². The van der Waals surface area contributed by atoms with E-state index in [1.165, 1.54) is 5.56 Å². The summed E-state index contributed by atoms with van der Waals surface area (Å²) in [7, 11) is 0. The lowest BCUT2D eigenvalue weighted by atomic mass is 10.1. The van der Waals surface area contributed by atoms with Gasteiger partial charge in [0.1, 0.15) is 0 Å². The molecular formula is C17H16ClN3S. The number of hydrogen-bond donors (Lipinski definition) is 1. The van der Waals surface area contributed by atoms with Crippen LogP contribution in [0, 0.1) is 0 Å². The summed E-state index contributed by atoms with van der Waals surface area (Å²) in [6.07, 6.45) is 0.824. The number of rotatable bonds is 5. The van der Waals surface area contributed by atoms with Gasteiger partial charge in [0.15, 0.2) is 0 Å². The number of aryl methyl sites for hydroxylation is 1. The molecule has 112 valence electrons. The highest BCUT2D eigenvalue weighted by molar-refractivity contribution is 7.98. The van der Waals surface area contributed by atoms with Gasteiger partial charge >= 0.3 is 0 Å². The molecule has 0 radical (unpaired) electrons. The van der Waals surface area contributed by atoms with Crippen molar-refractivity contribution >= 4 is 40.0 Å². The first-order valence-corrected chi connectivity index (χ1v) is 8.59. The van der Waals surface area contributed by atoms with E-state index in [0.29, 0.717) is 5.69 Å². The normalized spacial score (nSPS) is 11.0. The predicted molar refractivity (Wildman–Crippen MR) is 95.3 cm³/mol. The lowest BCUT2D eigenvalue weighted by Gasteiger charge is -2.08. The molecule has 0 bridgehead atoms. The van der Waals surface area contributed by atoms with Crippen LogP contribution in [-0.2, 0) is 12.2 Å². The van der Waals surface area contributed by atoms with E-state index >= 15 is 0 Å². The van der Waals surface area contributed by atoms with Crippen molar-refractivity contribution in [3.63, 3.8) is 0 Å². The Bertz CT molecular complexity index is 777. The smallest absolute Gasteiger partial charge is 0.223 e. The van der Waals surface area contributed by atoms with Crippen LogP contribution in [0.3, 0.4) is 0 Å². The first kappa shape index (κ1) is 15.1. The van der Waals surface area contributed by atoms with Crippen LogP contribution in [0.5, 0.6) is 0 Å². The number of benzene rings is 2. The van der Waals surface area contributed by atoms with Gasteiger partial charge in [-0.3, -0.25) is 0 Å². The van der Waals surface area contributed by atoms with Crippen LogP contribution in [0.25, 0.3) is 10.9 Å². The van der Waals surface area contributed by atoms with E-state index in [1.54, 1.807) is 0 Å². The third kappa shape index (κ3) is 3.51. The molecule has 3 aromatic rings. The van der Waals surface area contributed by atoms with E-state index < -0.39 is 0 Å². The highest BCUT2D eigenvalue weighted by atomic mass is 35.5. The van der Waals surface area contributed by atoms with E-state index in [9.17, 15) is 0 Å². The maximum Gasteiger partial charge on any atom is 0.223 e. The third-order valence-electron chi connectivity index (χ3n) is 3.40. The summed E-state index contributed by atoms with van der Waals surface area (Å²) in [6, 6.07) is 16.1. The summed E-state index contributed by atoms with van der Waals surface area (Å²) in [6.45, 7) is 0. The highest BCUT2D eigenvalue weighted by Crippen LogP contribution is 2.25. The topological polar surface area (TPSA) is 51.8 Å². The molecule has 0 aliphatic rings. The first-order valence-electron chi connectivity index (χ1n) is 7.06. The molecule has 22 heavy (non-hydrogen) atoms. The summed E-state index contributed by atoms with van der Waals surface area (Å²) < 4.78 is 0. The van der Waals surface area contributed by atoms with Crippen molar-refractivity contribution in [3.8, 4) is 0 Å². The molecule has 1 heterocycles. The Kier molecular flexibility index (Phi) is 4.80. The molecular weight excluding hydrogens is 314 g/mol. The van der Waals surface area contributed by atoms with Crippen LogP contribution in [0.1, 0.15) is 11.3 Å². The average molecular weight is 330 g/mol. The Morgan fingerprint density at radius 1 is 1.00 bits per heavy atom. The Hall–Kier alpha value is -1.78. The molecule has 0 spiro atoms. The standard InChI is InChI=1S/C17H16ClN3S/c18-17-20-14-8-4-7-13(19)16(14)15(21-17)9-10-22-11-12-5-2-1-3-6-12/h1-8H,9-11,19H2. The summed E-state index contributed by atoms with van der Waals surface area (Å²) in [5.41, 5.74) is 9.84. The van der Waals surface area contributed by atoms with E-state index in [1.807, 2.05) is 36.0 Å². The number of nitrogens with zero attached hydrogens (tertiary/aromatic N) is 2. The van der Waals surface area contributed by atoms with Gasteiger partial charge in [-0.05, 0) is 41.5 Å². The van der Waals surface area contributed by atoms with Gasteiger partial charge in [0.2, 0.25) is 5.28 Å². The maximum atomic E-state index is 6.07. The minimum Gasteiger partial charge on any atom is -0.398 e. The second-order valence-electron chi connectivity index (χ2n) is 4.97. The van der Waals surface area contributed by atoms with Gasteiger partial charge in [0.05, 0.1) is 11.2 Å². The highest BCUT2D eigenvalue weighted by Gasteiger charge is 2.09. The molecule has 2 N–H and O–H groups in total. The molecule has 0 atom stereocenters. The second-order valence-corrected chi connectivity index (χ2v) is 6.41. The van der Waals surface area contributed by atoms with Crippen molar-refractivity contribution in [1.29, 1.82) is 0 Å². The average Bonchev–Trinajstić information content (AvgIpc) is 2.52. The van der Waals surface area contributed by atoms with E-state index in [-0.39, 0.29) is 5.28 Å². The summed E-state index contributed by atoms with van der Waals surface area (Å²) in [5, 5.41) is 1.20. The first-order chi connectivity index (χ1) is 10.7. The summed E-state index contributed by atoms with van der Waals surface area (Å²) in [5.74, 6) is 1.96. The largest absolute Gasteiger partial charge is 0.398 e. The number of fused-ring (bicyclic) bond motifs is 1. The molecule has 0 fully saturated rings. The zero-order valence-electron chi connectivity index (χ0n) is 12.0. The number of aromatic nitrogens is 2. The van der Waals surface area contributed by atoms with Gasteiger partial charge in [-0.25, -0.2) is 9.97 Å². The van der Waals surface area contributed by atoms with Crippen LogP contribution < -0.4 is 5.73 Å². The van der Waals surface area contributed by atoms with Crippen molar-refractivity contribution < 1.29 is 0 Å². The van der Waals surface area contributed by atoms with Crippen LogP contribution >= 0.6 is 23.4 Å². The van der Waals surface area contributed by atoms with Gasteiger partial charge in [-0.15, -0.1) is 0 Å². The molecule has 2 aromatic carbocycles. The second kappa shape index (κ2) is 6.99. The number of halogens is 1. The van der Waals surface area contributed by atoms with Gasteiger partial charge in [0, 0.05) is 16.8 Å². The molecule has 3 nitrogen and oxygen atoms in total. The zero-order valence-corrected chi connectivity index (χ0v) is 13.6. The van der Waals surface area contributed by atoms with Crippen LogP contribution in [0.2, 0.25) is 5.28 Å². The predicted octanol–water partition coefficient (Wildman–Crippen LogP) is 4.34. The van der Waals surface area contributed by atoms with Crippen molar-refractivity contribution in [3.05, 3.63) is 65.1 Å². The van der Waals surface area contributed by atoms with E-state index in [0.717, 1.165) is 34.5 Å². The Morgan fingerprint density at radius 3 is 2.64 bits per heavy atom. The fourth-order valence-corrected chi connectivity index (χ4v) is 3.47. The molecule has 0 unspecified atom stereocenters. The number of thioether (sulfide) groups is 1. The van der Waals surface area contributed by atoms with Gasteiger partial charge in [-0.2, -0.15) is 11.8 Å². The lowest BCUT2D eigenvalue weighted by molar-refractivity contribution is 1.04. The van der Waals surface area contributed by atoms with Crippen LogP contribution in [0.4, 0.5) is 5.69 Å². The van der Waals surface area contributed by atoms with Gasteiger partial charge in [0.25, 0.3) is 0 Å². The minimum absolute atomic E-state index is 0.279. The van der Waals surface area contributed by atoms with Crippen molar-refractivity contribution in [2.45, 2.75) is 12.2 Å². The van der Waals surface area contributed by atoms with Crippen molar-refractivity contribution in [2.24, 2.45) is 0 Å². The Morgan fingerprint density at radius 2 is 1.82 bits per heavy atom. The quantitative estimate of drug-likeness (QED) is 0.430. The minimum atomic E-state index is 0.279. The third-order valence-corrected chi connectivity index (χ3v) is 4.60. The number of hydrogen-bond acceptors (Lipinski definition) is 4. The van der Waals surface area contributed by atoms with Crippen molar-refractivity contribution in [1.82, 2.24) is 9.97 Å². The van der Waals surface area contributed by atoms with Crippen molar-refractivity contribution in [2.75, 3.05) is 11.5 Å².